The fraction of sp³-hybridized carbons (Fsp3) is 0.462. The molecule has 0 spiro atoms. The molecule has 1 unspecified atom stereocenters. The number of thiocarbonyl (C=S) groups is 1. The van der Waals surface area contributed by atoms with Crippen molar-refractivity contribution in [3.05, 3.63) is 28.2 Å². The molecule has 1 rings (SSSR count). The van der Waals surface area contributed by atoms with Gasteiger partial charge in [-0.05, 0) is 36.7 Å². The van der Waals surface area contributed by atoms with Gasteiger partial charge in [0.25, 0.3) is 0 Å². The first-order valence-corrected chi connectivity index (χ1v) is 6.89. The Balaban J connectivity index is 2.69. The van der Waals surface area contributed by atoms with Crippen LogP contribution in [0.3, 0.4) is 0 Å². The fourth-order valence-corrected chi connectivity index (χ4v) is 1.81. The molecule has 0 aliphatic heterocycles. The molecule has 2 N–H and O–H groups in total. The van der Waals surface area contributed by atoms with E-state index < -0.39 is 0 Å². The molecule has 1 aromatic rings. The zero-order chi connectivity index (χ0) is 13.9. The van der Waals surface area contributed by atoms with Gasteiger partial charge in [0.1, 0.15) is 0 Å². The molecule has 2 nitrogen and oxygen atoms in total. The maximum Gasteiger partial charge on any atom is 0.171 e. The summed E-state index contributed by atoms with van der Waals surface area (Å²) in [7, 11) is 0. The highest BCUT2D eigenvalue weighted by atomic mass is 35.5. The van der Waals surface area contributed by atoms with E-state index in [9.17, 15) is 0 Å². The maximum atomic E-state index is 6.08. The van der Waals surface area contributed by atoms with E-state index in [4.69, 9.17) is 35.4 Å². The molecule has 0 saturated carbocycles. The first-order chi connectivity index (χ1) is 8.21. The Hall–Kier alpha value is -0.510. The third-order valence-electron chi connectivity index (χ3n) is 2.85. The van der Waals surface area contributed by atoms with Crippen LogP contribution >= 0.6 is 35.4 Å². The molecule has 18 heavy (non-hydrogen) atoms. The lowest BCUT2D eigenvalue weighted by atomic mass is 9.88. The van der Waals surface area contributed by atoms with Gasteiger partial charge in [0, 0.05) is 6.04 Å². The second-order valence-corrected chi connectivity index (χ2v) is 6.48. The average Bonchev–Trinajstić information content (AvgIpc) is 2.23. The Morgan fingerprint density at radius 3 is 2.44 bits per heavy atom. The number of hydrogen-bond donors (Lipinski definition) is 2. The van der Waals surface area contributed by atoms with E-state index in [-0.39, 0.29) is 11.5 Å². The van der Waals surface area contributed by atoms with Crippen molar-refractivity contribution >= 4 is 46.2 Å². The van der Waals surface area contributed by atoms with Crippen LogP contribution in [0.15, 0.2) is 18.2 Å². The van der Waals surface area contributed by atoms with E-state index in [1.807, 2.05) is 12.1 Å². The summed E-state index contributed by atoms with van der Waals surface area (Å²) in [5, 5.41) is 7.82. The van der Waals surface area contributed by atoms with Gasteiger partial charge in [0.2, 0.25) is 0 Å². The molecule has 0 aromatic heterocycles. The summed E-state index contributed by atoms with van der Waals surface area (Å²) in [6, 6.07) is 5.65. The Morgan fingerprint density at radius 2 is 1.89 bits per heavy atom. The molecule has 0 fully saturated rings. The topological polar surface area (TPSA) is 24.1 Å². The van der Waals surface area contributed by atoms with Crippen LogP contribution in [0.2, 0.25) is 10.0 Å². The second-order valence-electron chi connectivity index (χ2n) is 5.29. The molecule has 100 valence electrons. The molecule has 1 atom stereocenters. The summed E-state index contributed by atoms with van der Waals surface area (Å²) in [5.74, 6) is 0. The first kappa shape index (κ1) is 15.5. The van der Waals surface area contributed by atoms with Crippen molar-refractivity contribution in [3.63, 3.8) is 0 Å². The summed E-state index contributed by atoms with van der Waals surface area (Å²) in [6.45, 7) is 8.55. The van der Waals surface area contributed by atoms with E-state index in [1.54, 1.807) is 6.07 Å². The lowest BCUT2D eigenvalue weighted by Gasteiger charge is -2.29. The molecule has 0 radical (unpaired) electrons. The zero-order valence-corrected chi connectivity index (χ0v) is 13.3. The molecule has 0 bridgehead atoms. The van der Waals surface area contributed by atoms with Crippen molar-refractivity contribution in [3.8, 4) is 0 Å². The standard InChI is InChI=1S/C13H18Cl2N2S/c1-8(13(2,3)4)16-12(18)17-10-7-5-6-9(14)11(10)15/h5-8H,1-4H3,(H2,16,17,18). The van der Waals surface area contributed by atoms with Crippen LogP contribution in [0.25, 0.3) is 0 Å². The molecule has 0 heterocycles. The van der Waals surface area contributed by atoms with Crippen LogP contribution in [0, 0.1) is 5.41 Å². The minimum atomic E-state index is 0.129. The minimum Gasteiger partial charge on any atom is -0.359 e. The van der Waals surface area contributed by atoms with E-state index in [0.29, 0.717) is 20.8 Å². The van der Waals surface area contributed by atoms with Gasteiger partial charge in [-0.1, -0.05) is 50.0 Å². The van der Waals surface area contributed by atoms with Gasteiger partial charge in [-0.3, -0.25) is 0 Å². The Bertz CT molecular complexity index is 441. The number of nitrogens with one attached hydrogen (secondary N) is 2. The quantitative estimate of drug-likeness (QED) is 0.774. The summed E-state index contributed by atoms with van der Waals surface area (Å²) >= 11 is 17.3. The second kappa shape index (κ2) is 6.09. The Morgan fingerprint density at radius 1 is 1.28 bits per heavy atom. The molecular formula is C13H18Cl2N2S. The summed E-state index contributed by atoms with van der Waals surface area (Å²) in [4.78, 5) is 0. The van der Waals surface area contributed by atoms with Crippen LogP contribution in [0.5, 0.6) is 0 Å². The predicted molar refractivity (Wildman–Crippen MR) is 84.7 cm³/mol. The van der Waals surface area contributed by atoms with Crippen molar-refractivity contribution in [2.75, 3.05) is 5.32 Å². The van der Waals surface area contributed by atoms with Gasteiger partial charge in [0.05, 0.1) is 15.7 Å². The van der Waals surface area contributed by atoms with Crippen LogP contribution < -0.4 is 10.6 Å². The summed E-state index contributed by atoms with van der Waals surface area (Å²) < 4.78 is 0. The lowest BCUT2D eigenvalue weighted by Crippen LogP contribution is -2.43. The fourth-order valence-electron chi connectivity index (χ4n) is 1.17. The number of halogens is 2. The third kappa shape index (κ3) is 4.30. The largest absolute Gasteiger partial charge is 0.359 e. The summed E-state index contributed by atoms with van der Waals surface area (Å²) in [6.07, 6.45) is 0. The van der Waals surface area contributed by atoms with Crippen LogP contribution in [-0.4, -0.2) is 11.2 Å². The van der Waals surface area contributed by atoms with E-state index in [1.165, 1.54) is 0 Å². The molecule has 5 heteroatoms. The van der Waals surface area contributed by atoms with E-state index in [2.05, 4.69) is 38.3 Å². The molecule has 0 saturated heterocycles. The van der Waals surface area contributed by atoms with Crippen molar-refractivity contribution in [2.45, 2.75) is 33.7 Å². The lowest BCUT2D eigenvalue weighted by molar-refractivity contribution is 0.317. The van der Waals surface area contributed by atoms with Crippen molar-refractivity contribution in [1.29, 1.82) is 0 Å². The van der Waals surface area contributed by atoms with Crippen LogP contribution in [-0.2, 0) is 0 Å². The van der Waals surface area contributed by atoms with Gasteiger partial charge in [-0.25, -0.2) is 0 Å². The van der Waals surface area contributed by atoms with Gasteiger partial charge >= 0.3 is 0 Å². The highest BCUT2D eigenvalue weighted by Gasteiger charge is 2.20. The Kier molecular flexibility index (Phi) is 5.26. The number of hydrogen-bond acceptors (Lipinski definition) is 1. The average molecular weight is 305 g/mol. The molecule has 0 aliphatic rings. The van der Waals surface area contributed by atoms with Gasteiger partial charge in [-0.15, -0.1) is 0 Å². The van der Waals surface area contributed by atoms with Crippen molar-refractivity contribution < 1.29 is 0 Å². The Labute approximate surface area is 124 Å². The normalized spacial score (nSPS) is 13.0. The van der Waals surface area contributed by atoms with Crippen LogP contribution in [0.1, 0.15) is 27.7 Å². The SMILES string of the molecule is CC(NC(=S)Nc1cccc(Cl)c1Cl)C(C)(C)C. The number of benzene rings is 1. The smallest absolute Gasteiger partial charge is 0.171 e. The predicted octanol–water partition coefficient (Wildman–Crippen LogP) is 4.71. The molecular weight excluding hydrogens is 287 g/mol. The van der Waals surface area contributed by atoms with Gasteiger partial charge in [-0.2, -0.15) is 0 Å². The van der Waals surface area contributed by atoms with Crippen molar-refractivity contribution in [1.82, 2.24) is 5.32 Å². The van der Waals surface area contributed by atoms with Gasteiger partial charge < -0.3 is 10.6 Å². The highest BCUT2D eigenvalue weighted by molar-refractivity contribution is 7.80. The third-order valence-corrected chi connectivity index (χ3v) is 3.89. The summed E-state index contributed by atoms with van der Waals surface area (Å²) in [5.41, 5.74) is 0.840. The molecule has 0 amide bonds. The number of rotatable bonds is 2. The molecule has 1 aromatic carbocycles. The zero-order valence-electron chi connectivity index (χ0n) is 11.0. The van der Waals surface area contributed by atoms with E-state index in [0.717, 1.165) is 0 Å². The maximum absolute atomic E-state index is 6.08. The first-order valence-electron chi connectivity index (χ1n) is 5.73. The van der Waals surface area contributed by atoms with E-state index >= 15 is 0 Å². The van der Waals surface area contributed by atoms with Crippen LogP contribution in [0.4, 0.5) is 5.69 Å². The highest BCUT2D eigenvalue weighted by Crippen LogP contribution is 2.29. The number of anilines is 1. The van der Waals surface area contributed by atoms with Gasteiger partial charge in [0.15, 0.2) is 5.11 Å². The minimum absolute atomic E-state index is 0.129. The molecule has 0 aliphatic carbocycles. The van der Waals surface area contributed by atoms with Crippen molar-refractivity contribution in [2.24, 2.45) is 5.41 Å². The monoisotopic (exact) mass is 304 g/mol.